The van der Waals surface area contributed by atoms with Gasteiger partial charge in [-0.2, -0.15) is 0 Å². The second-order valence-electron chi connectivity index (χ2n) is 42.1. The number of aryl methyl sites for hydroxylation is 6. The number of aromatic carboxylic acids is 1. The lowest BCUT2D eigenvalue weighted by atomic mass is 9.85. The van der Waals surface area contributed by atoms with E-state index in [1.807, 2.05) is 60.2 Å². The van der Waals surface area contributed by atoms with Gasteiger partial charge in [-0.05, 0) is 375 Å². The first-order valence-electron chi connectivity index (χ1n) is 53.2. The number of pyridine rings is 5. The molecule has 2 amide bonds. The summed E-state index contributed by atoms with van der Waals surface area (Å²) >= 11 is 0. The molecule has 6 aliphatic heterocycles. The maximum absolute atomic E-state index is 13.3. The molecule has 8 N–H and O–H groups in total. The minimum Gasteiger partial charge on any atom is -0.477 e. The second-order valence-corrected chi connectivity index (χ2v) is 42.1. The first-order valence-corrected chi connectivity index (χ1v) is 53.2. The van der Waals surface area contributed by atoms with E-state index < -0.39 is 5.97 Å². The third-order valence-corrected chi connectivity index (χ3v) is 33.0. The van der Waals surface area contributed by atoms with E-state index in [9.17, 15) is 24.6 Å². The van der Waals surface area contributed by atoms with Gasteiger partial charge in [0, 0.05) is 185 Å². The zero-order chi connectivity index (χ0) is 99.9. The number of H-pyrrole nitrogens is 5. The fourth-order valence-corrected chi connectivity index (χ4v) is 25.6. The van der Waals surface area contributed by atoms with Crippen LogP contribution in [0.3, 0.4) is 0 Å². The zero-order valence-electron chi connectivity index (χ0n) is 83.9. The number of carboxylic acid groups (broad SMARTS) is 1. The van der Waals surface area contributed by atoms with Crippen molar-refractivity contribution in [2.75, 3.05) is 40.3 Å². The minimum atomic E-state index is -0.937. The lowest BCUT2D eigenvalue weighted by Gasteiger charge is -2.32. The predicted octanol–water partition coefficient (Wildman–Crippen LogP) is 24.2. The van der Waals surface area contributed by atoms with Crippen LogP contribution in [-0.4, -0.2) is 159 Å². The Hall–Kier alpha value is -16.4. The number of likely N-dealkylation sites (N-methyl/N-ethyl adjacent to an activating group) is 1. The van der Waals surface area contributed by atoms with Crippen molar-refractivity contribution < 1.29 is 24.6 Å². The highest BCUT2D eigenvalue weighted by atomic mass is 16.4. The largest absolute Gasteiger partial charge is 0.477 e. The Morgan fingerprint density at radius 1 is 0.315 bits per heavy atom. The van der Waals surface area contributed by atoms with Crippen LogP contribution >= 0.6 is 0 Å². The van der Waals surface area contributed by atoms with Crippen molar-refractivity contribution >= 4 is 158 Å². The molecular formula is C126H112N18O5. The van der Waals surface area contributed by atoms with Gasteiger partial charge in [-0.3, -0.25) is 34.6 Å². The summed E-state index contributed by atoms with van der Waals surface area (Å²) in [7, 11) is 3.76. The smallest absolute Gasteiger partial charge is 0.352 e. The molecule has 736 valence electrons. The van der Waals surface area contributed by atoms with E-state index in [2.05, 4.69) is 226 Å². The van der Waals surface area contributed by atoms with Crippen LogP contribution in [0.25, 0.3) is 165 Å². The summed E-state index contributed by atoms with van der Waals surface area (Å²) in [6.45, 7) is 9.46. The molecule has 0 bridgehead atoms. The number of piperazine rings is 1. The topological polar surface area (TPSA) is 315 Å². The molecule has 1 saturated heterocycles. The van der Waals surface area contributed by atoms with Gasteiger partial charge in [0.25, 0.3) is 11.8 Å². The number of aromatic amines is 5. The van der Waals surface area contributed by atoms with Crippen molar-refractivity contribution in [2.24, 2.45) is 25.0 Å². The summed E-state index contributed by atoms with van der Waals surface area (Å²) in [5.74, 6) is -0.939. The summed E-state index contributed by atoms with van der Waals surface area (Å²) in [5.41, 5.74) is 51.8. The van der Waals surface area contributed by atoms with Gasteiger partial charge in [0.05, 0.1) is 95.4 Å². The third kappa shape index (κ3) is 16.3. The van der Waals surface area contributed by atoms with E-state index >= 15 is 0 Å². The van der Waals surface area contributed by atoms with Crippen molar-refractivity contribution in [3.8, 4) is 56.3 Å². The Bertz CT molecular complexity index is 9260. The SMILES string of the molecule is CN1CCN(C(=O)c2cc3c(ccc4nc(-c5ccc6c(c5)C=NC6)c5c(c43)CCCC5)[nH]2)CC1.CNC(=O)c1cc2c(ccc3nc(-c4ccc5c(c4)C=NC5)c4c(c32)CCCC4)[nH]1.Cc1cc2c(ccc3nc(-c4ccc5c(c4)C=NC5)c4c(c32)CCCC4)[nH]1.O=C(O)c1cc2c(ccc3nc(-c4ccc5c(c4)C=NC5)c4c(c32)CCCC4)[nH]1.OCc1cc2c(ccc3nc(-c4ccc5c(c4)C=NC5)c4c(c32)CCCC4)[nH]1. The Kier molecular flexibility index (Phi) is 23.0. The van der Waals surface area contributed by atoms with Gasteiger partial charge < -0.3 is 50.2 Å². The fourth-order valence-electron chi connectivity index (χ4n) is 25.6. The van der Waals surface area contributed by atoms with E-state index in [0.717, 1.165) is 241 Å². The van der Waals surface area contributed by atoms with Crippen molar-refractivity contribution in [2.45, 2.75) is 175 Å². The highest BCUT2D eigenvalue weighted by Crippen LogP contribution is 2.48. The number of aromatic nitrogens is 10. The molecule has 10 aromatic heterocycles. The van der Waals surface area contributed by atoms with Crippen molar-refractivity contribution in [3.63, 3.8) is 0 Å². The number of aliphatic hydroxyl groups is 1. The molecule has 20 aromatic rings. The number of hydrogen-bond acceptors (Lipinski definition) is 15. The standard InChI is InChI=1S/C29H29N5O.C25H22N4O.C24H19N3O2.C24H21N3O.C24H21N3/c1-33-10-12-34(13-11-33)29(35)26-15-23-24(31-26)8-9-25-27(23)21-4-2-3-5-22(21)28(32-25)18-6-7-19-16-30-17-20(19)14-18;1-26-25(30)22-11-19-20(28-22)8-9-21-23(19)17-4-2-3-5-18(17)24(29-21)14-6-7-15-12-27-13-16(15)10-14;28-24(29)21-10-18-19(26-21)7-8-20-22(18)16-3-1-2-4-17(16)23(27-20)13-5-6-14-11-25-12-15(14)9-13;28-13-17-10-20-21(26-17)7-8-22-23(20)18-3-1-2-4-19(18)24(27-22)14-5-6-15-11-25-12-16(15)9-14;1-14-10-20-21(26-14)8-9-22-23(20)18-4-2-3-5-19(18)24(27-22)15-6-7-16-12-25-13-17(16)11-15/h6-9,14-15,17,31H,2-5,10-13,16H2,1H3;6-11,13,28H,2-5,12H2,1H3,(H,26,30);5-10,12,26H,1-4,11H2,(H,28,29);5-10,12,26,28H,1-4,11,13H2;6-11,13,26H,2-5,12H2,1H3. The van der Waals surface area contributed by atoms with Gasteiger partial charge >= 0.3 is 5.97 Å². The zero-order valence-corrected chi connectivity index (χ0v) is 83.9. The van der Waals surface area contributed by atoms with Gasteiger partial charge in [0.15, 0.2) is 0 Å². The van der Waals surface area contributed by atoms with Gasteiger partial charge in [0.2, 0.25) is 0 Å². The summed E-state index contributed by atoms with van der Waals surface area (Å²) in [6.07, 6.45) is 32.5. The van der Waals surface area contributed by atoms with Crippen LogP contribution in [0.2, 0.25) is 0 Å². The number of nitrogens with one attached hydrogen (secondary N) is 6. The lowest BCUT2D eigenvalue weighted by molar-refractivity contribution is 0.0657. The Morgan fingerprint density at radius 3 is 0.906 bits per heavy atom. The Morgan fingerprint density at radius 2 is 0.591 bits per heavy atom. The van der Waals surface area contributed by atoms with Crippen LogP contribution < -0.4 is 5.32 Å². The molecule has 16 heterocycles. The normalized spacial score (nSPS) is 15.8. The van der Waals surface area contributed by atoms with Crippen LogP contribution in [0.5, 0.6) is 0 Å². The van der Waals surface area contributed by atoms with E-state index in [4.69, 9.17) is 24.9 Å². The van der Waals surface area contributed by atoms with Crippen LogP contribution in [0.15, 0.2) is 207 Å². The van der Waals surface area contributed by atoms with Crippen LogP contribution in [0.1, 0.15) is 218 Å². The molecule has 149 heavy (non-hydrogen) atoms. The van der Waals surface area contributed by atoms with Gasteiger partial charge in [-0.1, -0.05) is 60.7 Å². The molecule has 0 radical (unpaired) electrons. The number of rotatable bonds is 9. The molecule has 10 aromatic carbocycles. The van der Waals surface area contributed by atoms with Gasteiger partial charge in [-0.25, -0.2) is 29.7 Å². The predicted molar refractivity (Wildman–Crippen MR) is 599 cm³/mol. The van der Waals surface area contributed by atoms with E-state index in [0.29, 0.717) is 11.4 Å². The number of hydrogen-bond donors (Lipinski definition) is 8. The van der Waals surface area contributed by atoms with Crippen molar-refractivity contribution in [3.05, 3.63) is 322 Å². The molecule has 0 unspecified atom stereocenters. The molecule has 23 nitrogen and oxygen atoms in total. The Balaban J connectivity index is 0.0000000920. The van der Waals surface area contributed by atoms with E-state index in [1.165, 1.54) is 234 Å². The number of carbonyl (C=O) groups excluding carboxylic acids is 2. The molecular weight excluding hydrogens is 1850 g/mol. The number of fused-ring (bicyclic) bond motifs is 30. The first kappa shape index (κ1) is 91.3. The number of aliphatic hydroxyl groups excluding tert-OH is 1. The van der Waals surface area contributed by atoms with Crippen LogP contribution in [0, 0.1) is 6.92 Å². The van der Waals surface area contributed by atoms with Gasteiger partial charge in [-0.15, -0.1) is 0 Å². The summed E-state index contributed by atoms with van der Waals surface area (Å²) in [6, 6.07) is 64.1. The lowest BCUT2D eigenvalue weighted by Crippen LogP contribution is -2.47. The molecule has 0 saturated carbocycles. The average molecular weight is 1960 g/mol. The fraction of sp³-hybridized carbons (Fsp3) is 0.262. The monoisotopic (exact) mass is 1960 g/mol. The highest BCUT2D eigenvalue weighted by molar-refractivity contribution is 6.16. The highest BCUT2D eigenvalue weighted by Gasteiger charge is 2.33. The molecule has 1 fully saturated rings. The molecule has 31 rings (SSSR count). The average Bonchev–Trinajstić information content (AvgIpc) is 1.74. The van der Waals surface area contributed by atoms with Crippen molar-refractivity contribution in [1.82, 2.24) is 65.0 Å². The maximum Gasteiger partial charge on any atom is 0.352 e. The summed E-state index contributed by atoms with van der Waals surface area (Å²) in [4.78, 5) is 106. The first-order chi connectivity index (χ1) is 73.2. The van der Waals surface area contributed by atoms with Crippen LogP contribution in [0.4, 0.5) is 0 Å². The third-order valence-electron chi connectivity index (χ3n) is 33.0. The molecule has 23 heteroatoms. The minimum absolute atomic E-state index is 0.0283. The van der Waals surface area contributed by atoms with Crippen LogP contribution in [-0.2, 0) is 104 Å². The number of amides is 2. The second kappa shape index (κ2) is 37.5. The quantitative estimate of drug-likeness (QED) is 0.0671. The summed E-state index contributed by atoms with van der Waals surface area (Å²) < 4.78 is 0. The van der Waals surface area contributed by atoms with Crippen molar-refractivity contribution in [1.29, 1.82) is 0 Å². The molecule has 11 aliphatic rings. The number of carbonyl (C=O) groups is 3. The number of nitrogens with zero attached hydrogens (tertiary/aromatic N) is 12. The number of benzene rings is 10. The maximum atomic E-state index is 13.3. The van der Waals surface area contributed by atoms with E-state index in [1.54, 1.807) is 13.1 Å². The molecule has 0 spiro atoms. The number of aliphatic imine (C=N–C) groups is 5. The van der Waals surface area contributed by atoms with Gasteiger partial charge in [0.1, 0.15) is 17.1 Å². The molecule has 5 aliphatic carbocycles. The van der Waals surface area contributed by atoms with E-state index in [-0.39, 0.29) is 24.1 Å². The summed E-state index contributed by atoms with van der Waals surface area (Å²) in [5, 5.41) is 33.5. The number of carboxylic acids is 1. The Labute approximate surface area is 859 Å². The molecule has 0 atom stereocenters.